The zero-order valence-electron chi connectivity index (χ0n) is 14.7. The summed E-state index contributed by atoms with van der Waals surface area (Å²) < 4.78 is 0. The maximum Gasteiger partial charge on any atom is 0.289 e. The minimum absolute atomic E-state index is 0.244. The third-order valence-corrected chi connectivity index (χ3v) is 4.93. The zero-order valence-corrected chi connectivity index (χ0v) is 14.7. The van der Waals surface area contributed by atoms with E-state index in [9.17, 15) is 4.79 Å². The number of carbonyl (C=O) groups excluding carboxylic acids is 1. The van der Waals surface area contributed by atoms with Crippen molar-refractivity contribution in [2.45, 2.75) is 46.5 Å². The highest BCUT2D eigenvalue weighted by molar-refractivity contribution is 5.96. The van der Waals surface area contributed by atoms with Crippen molar-refractivity contribution in [1.29, 1.82) is 0 Å². The van der Waals surface area contributed by atoms with Gasteiger partial charge in [-0.05, 0) is 49.1 Å². The molecule has 0 saturated heterocycles. The van der Waals surface area contributed by atoms with Gasteiger partial charge in [0, 0.05) is 11.1 Å². The van der Waals surface area contributed by atoms with Crippen LogP contribution in [-0.2, 0) is 0 Å². The van der Waals surface area contributed by atoms with Crippen LogP contribution in [0.1, 0.15) is 56.9 Å². The number of fused-ring (bicyclic) bond motifs is 1. The van der Waals surface area contributed by atoms with Crippen molar-refractivity contribution >= 4 is 22.5 Å². The minimum atomic E-state index is -0.244. The molecule has 1 aliphatic rings. The molecular weight excluding hydrogens is 298 g/mol. The SMILES string of the molecule is CC(C)(C)C1CCC(=NNC(=O)c2ccc3ccccc3n2)CC1. The molecular formula is C20H25N3O. The second-order valence-electron chi connectivity index (χ2n) is 7.65. The highest BCUT2D eigenvalue weighted by atomic mass is 16.2. The predicted molar refractivity (Wildman–Crippen MR) is 98.1 cm³/mol. The van der Waals surface area contributed by atoms with Gasteiger partial charge in [-0.1, -0.05) is 45.0 Å². The summed E-state index contributed by atoms with van der Waals surface area (Å²) in [5, 5.41) is 5.36. The molecule has 2 aromatic rings. The first-order chi connectivity index (χ1) is 11.4. The Morgan fingerprint density at radius 2 is 1.83 bits per heavy atom. The lowest BCUT2D eigenvalue weighted by molar-refractivity contribution is 0.0949. The van der Waals surface area contributed by atoms with Crippen LogP contribution in [-0.4, -0.2) is 16.6 Å². The highest BCUT2D eigenvalue weighted by Gasteiger charge is 2.28. The van der Waals surface area contributed by atoms with Crippen molar-refractivity contribution in [3.05, 3.63) is 42.1 Å². The van der Waals surface area contributed by atoms with Crippen LogP contribution in [0.2, 0.25) is 0 Å². The van der Waals surface area contributed by atoms with E-state index in [2.05, 4.69) is 36.3 Å². The quantitative estimate of drug-likeness (QED) is 0.824. The third-order valence-electron chi connectivity index (χ3n) is 4.93. The summed E-state index contributed by atoms with van der Waals surface area (Å²) >= 11 is 0. The van der Waals surface area contributed by atoms with E-state index < -0.39 is 0 Å². The lowest BCUT2D eigenvalue weighted by Crippen LogP contribution is -2.27. The number of nitrogens with zero attached hydrogens (tertiary/aromatic N) is 2. The number of nitrogens with one attached hydrogen (secondary N) is 1. The standard InChI is InChI=1S/C20H25N3O/c1-20(2,3)15-9-11-16(12-10-15)22-23-19(24)18-13-8-14-6-4-5-7-17(14)21-18/h4-8,13,15H,9-12H2,1-3H3,(H,23,24). The molecule has 1 amide bonds. The number of carbonyl (C=O) groups is 1. The first kappa shape index (κ1) is 16.6. The zero-order chi connectivity index (χ0) is 17.2. The lowest BCUT2D eigenvalue weighted by atomic mass is 9.72. The third kappa shape index (κ3) is 3.81. The van der Waals surface area contributed by atoms with Gasteiger partial charge < -0.3 is 0 Å². The number of pyridine rings is 1. The first-order valence-corrected chi connectivity index (χ1v) is 8.65. The van der Waals surface area contributed by atoms with E-state index in [0.29, 0.717) is 11.1 Å². The van der Waals surface area contributed by atoms with Crippen molar-refractivity contribution in [2.24, 2.45) is 16.4 Å². The fourth-order valence-corrected chi connectivity index (χ4v) is 3.31. The molecule has 1 saturated carbocycles. The normalized spacial score (nSPS) is 18.5. The Labute approximate surface area is 143 Å². The summed E-state index contributed by atoms with van der Waals surface area (Å²) in [5.74, 6) is 0.487. The average molecular weight is 323 g/mol. The van der Waals surface area contributed by atoms with Crippen molar-refractivity contribution in [1.82, 2.24) is 10.4 Å². The fourth-order valence-electron chi connectivity index (χ4n) is 3.31. The van der Waals surface area contributed by atoms with Gasteiger partial charge in [0.1, 0.15) is 5.69 Å². The van der Waals surface area contributed by atoms with Crippen LogP contribution in [0.5, 0.6) is 0 Å². The molecule has 1 aromatic heterocycles. The number of rotatable bonds is 2. The van der Waals surface area contributed by atoms with Crippen LogP contribution in [0.3, 0.4) is 0 Å². The van der Waals surface area contributed by atoms with Gasteiger partial charge >= 0.3 is 0 Å². The van der Waals surface area contributed by atoms with Crippen molar-refractivity contribution in [3.8, 4) is 0 Å². The average Bonchev–Trinajstić information content (AvgIpc) is 2.59. The molecule has 24 heavy (non-hydrogen) atoms. The summed E-state index contributed by atoms with van der Waals surface area (Å²) in [6.07, 6.45) is 4.22. The highest BCUT2D eigenvalue weighted by Crippen LogP contribution is 2.36. The van der Waals surface area contributed by atoms with Crippen molar-refractivity contribution in [2.75, 3.05) is 0 Å². The Bertz CT molecular complexity index is 764. The second kappa shape index (κ2) is 6.71. The molecule has 1 fully saturated rings. The Morgan fingerprint density at radius 1 is 1.12 bits per heavy atom. The summed E-state index contributed by atoms with van der Waals surface area (Å²) in [6, 6.07) is 11.4. The number of benzene rings is 1. The Hall–Kier alpha value is -2.23. The fraction of sp³-hybridized carbons (Fsp3) is 0.450. The van der Waals surface area contributed by atoms with Gasteiger partial charge in [-0.15, -0.1) is 0 Å². The topological polar surface area (TPSA) is 54.4 Å². The number of hydrogen-bond donors (Lipinski definition) is 1. The van der Waals surface area contributed by atoms with Gasteiger partial charge in [-0.2, -0.15) is 5.10 Å². The first-order valence-electron chi connectivity index (χ1n) is 8.65. The number of hydrogen-bond acceptors (Lipinski definition) is 3. The smallest absolute Gasteiger partial charge is 0.266 e. The Morgan fingerprint density at radius 3 is 2.54 bits per heavy atom. The summed E-state index contributed by atoms with van der Waals surface area (Å²) in [6.45, 7) is 6.90. The van der Waals surface area contributed by atoms with Gasteiger partial charge in [0.15, 0.2) is 0 Å². The summed E-state index contributed by atoms with van der Waals surface area (Å²) in [7, 11) is 0. The van der Waals surface area contributed by atoms with Crippen LogP contribution in [0.25, 0.3) is 10.9 Å². The molecule has 0 radical (unpaired) electrons. The van der Waals surface area contributed by atoms with E-state index >= 15 is 0 Å². The number of hydrazone groups is 1. The lowest BCUT2D eigenvalue weighted by Gasteiger charge is -2.34. The molecule has 0 bridgehead atoms. The van der Waals surface area contributed by atoms with Gasteiger partial charge in [-0.3, -0.25) is 4.79 Å². The van der Waals surface area contributed by atoms with Crippen LogP contribution >= 0.6 is 0 Å². The molecule has 0 aliphatic heterocycles. The second-order valence-corrected chi connectivity index (χ2v) is 7.65. The van der Waals surface area contributed by atoms with E-state index in [-0.39, 0.29) is 5.91 Å². The van der Waals surface area contributed by atoms with Gasteiger partial charge in [0.05, 0.1) is 5.52 Å². The molecule has 4 nitrogen and oxygen atoms in total. The Balaban J connectivity index is 1.62. The van der Waals surface area contributed by atoms with Gasteiger partial charge in [0.25, 0.3) is 5.91 Å². The maximum absolute atomic E-state index is 12.3. The largest absolute Gasteiger partial charge is 0.289 e. The van der Waals surface area contributed by atoms with Crippen LogP contribution in [0, 0.1) is 11.3 Å². The molecule has 0 unspecified atom stereocenters. The Kier molecular flexibility index (Phi) is 4.65. The van der Waals surface area contributed by atoms with Gasteiger partial charge in [-0.25, -0.2) is 10.4 Å². The molecule has 0 atom stereocenters. The molecule has 4 heteroatoms. The molecule has 1 aromatic carbocycles. The van der Waals surface area contributed by atoms with E-state index in [4.69, 9.17) is 0 Å². The van der Waals surface area contributed by atoms with E-state index in [1.165, 1.54) is 0 Å². The van der Waals surface area contributed by atoms with E-state index in [1.54, 1.807) is 6.07 Å². The predicted octanol–water partition coefficient (Wildman–Crippen LogP) is 4.56. The van der Waals surface area contributed by atoms with Gasteiger partial charge in [0.2, 0.25) is 0 Å². The minimum Gasteiger partial charge on any atom is -0.266 e. The number of aromatic nitrogens is 1. The monoisotopic (exact) mass is 323 g/mol. The van der Waals surface area contributed by atoms with Crippen LogP contribution in [0.15, 0.2) is 41.5 Å². The maximum atomic E-state index is 12.3. The molecule has 1 N–H and O–H groups in total. The van der Waals surface area contributed by atoms with E-state index in [1.807, 2.05) is 30.3 Å². The van der Waals surface area contributed by atoms with E-state index in [0.717, 1.165) is 48.2 Å². The summed E-state index contributed by atoms with van der Waals surface area (Å²) in [5.41, 5.74) is 5.34. The molecule has 126 valence electrons. The van der Waals surface area contributed by atoms with Crippen molar-refractivity contribution in [3.63, 3.8) is 0 Å². The van der Waals surface area contributed by atoms with Crippen LogP contribution in [0.4, 0.5) is 0 Å². The molecule has 3 rings (SSSR count). The molecule has 0 spiro atoms. The van der Waals surface area contributed by atoms with Crippen molar-refractivity contribution < 1.29 is 4.79 Å². The molecule has 1 aliphatic carbocycles. The number of amides is 1. The molecule has 1 heterocycles. The van der Waals surface area contributed by atoms with Crippen LogP contribution < -0.4 is 5.43 Å². The number of para-hydroxylation sites is 1. The summed E-state index contributed by atoms with van der Waals surface area (Å²) in [4.78, 5) is 16.7.